The van der Waals surface area contributed by atoms with Gasteiger partial charge in [0.05, 0.1) is 13.7 Å². The van der Waals surface area contributed by atoms with Crippen LogP contribution in [-0.4, -0.2) is 31.3 Å². The summed E-state index contributed by atoms with van der Waals surface area (Å²) in [6, 6.07) is 12.8. The van der Waals surface area contributed by atoms with E-state index in [1.807, 2.05) is 30.3 Å². The van der Waals surface area contributed by atoms with Crippen molar-refractivity contribution in [2.45, 2.75) is 38.7 Å². The number of ketones is 2. The van der Waals surface area contributed by atoms with Crippen LogP contribution in [0.1, 0.15) is 37.0 Å². The molecular weight excluding hydrogens is 372 g/mol. The molecule has 0 radical (unpaired) electrons. The number of ether oxygens (including phenoxy) is 3. The molecule has 1 aliphatic carbocycles. The smallest absolute Gasteiger partial charge is 0.331 e. The largest absolute Gasteiger partial charge is 0.493 e. The molecule has 0 aromatic heterocycles. The number of benzene rings is 2. The van der Waals surface area contributed by atoms with Crippen molar-refractivity contribution in [3.8, 4) is 11.5 Å². The third kappa shape index (κ3) is 3.50. The molecular formula is C23H24O6. The van der Waals surface area contributed by atoms with Crippen molar-refractivity contribution in [2.75, 3.05) is 13.7 Å². The second kappa shape index (κ2) is 8.47. The third-order valence-corrected chi connectivity index (χ3v) is 5.20. The van der Waals surface area contributed by atoms with E-state index >= 15 is 0 Å². The summed E-state index contributed by atoms with van der Waals surface area (Å²) >= 11 is 0. The van der Waals surface area contributed by atoms with E-state index in [1.54, 1.807) is 19.1 Å². The Morgan fingerprint density at radius 1 is 1.07 bits per heavy atom. The molecule has 0 saturated carbocycles. The highest BCUT2D eigenvalue weighted by Gasteiger charge is 2.56. The molecule has 0 fully saturated rings. The first-order chi connectivity index (χ1) is 14.0. The molecule has 0 bridgehead atoms. The Balaban J connectivity index is 2.13. The lowest BCUT2D eigenvalue weighted by molar-refractivity contribution is -0.157. The Kier molecular flexibility index (Phi) is 6.01. The fourth-order valence-electron chi connectivity index (χ4n) is 3.82. The van der Waals surface area contributed by atoms with Crippen molar-refractivity contribution in [1.29, 1.82) is 0 Å². The predicted molar refractivity (Wildman–Crippen MR) is 106 cm³/mol. The Morgan fingerprint density at radius 3 is 2.41 bits per heavy atom. The summed E-state index contributed by atoms with van der Waals surface area (Å²) in [5, 5.41) is 0. The summed E-state index contributed by atoms with van der Waals surface area (Å²) < 4.78 is 16.7. The van der Waals surface area contributed by atoms with Crippen LogP contribution in [0.15, 0.2) is 42.5 Å². The van der Waals surface area contributed by atoms with Gasteiger partial charge < -0.3 is 14.2 Å². The van der Waals surface area contributed by atoms with Gasteiger partial charge >= 0.3 is 5.97 Å². The van der Waals surface area contributed by atoms with Crippen molar-refractivity contribution < 1.29 is 28.6 Å². The van der Waals surface area contributed by atoms with Crippen LogP contribution < -0.4 is 9.47 Å². The number of rotatable bonds is 7. The van der Waals surface area contributed by atoms with E-state index in [9.17, 15) is 14.4 Å². The quantitative estimate of drug-likeness (QED) is 0.528. The van der Waals surface area contributed by atoms with E-state index in [0.717, 1.165) is 5.56 Å². The van der Waals surface area contributed by atoms with Crippen LogP contribution in [0.4, 0.5) is 0 Å². The van der Waals surface area contributed by atoms with Crippen molar-refractivity contribution in [2.24, 2.45) is 0 Å². The Morgan fingerprint density at radius 2 is 1.79 bits per heavy atom. The highest BCUT2D eigenvalue weighted by atomic mass is 16.5. The Hall–Kier alpha value is -3.15. The van der Waals surface area contributed by atoms with E-state index in [-0.39, 0.29) is 19.6 Å². The third-order valence-electron chi connectivity index (χ3n) is 5.20. The molecule has 0 saturated heterocycles. The molecule has 2 aromatic rings. The topological polar surface area (TPSA) is 78.9 Å². The van der Waals surface area contributed by atoms with Gasteiger partial charge in [0.1, 0.15) is 6.61 Å². The van der Waals surface area contributed by atoms with Crippen LogP contribution in [-0.2, 0) is 37.6 Å². The van der Waals surface area contributed by atoms with Gasteiger partial charge in [0.2, 0.25) is 5.41 Å². The van der Waals surface area contributed by atoms with E-state index in [1.165, 1.54) is 14.0 Å². The van der Waals surface area contributed by atoms with Crippen molar-refractivity contribution in [3.05, 3.63) is 59.2 Å². The van der Waals surface area contributed by atoms with E-state index in [2.05, 4.69) is 0 Å². The normalized spacial score (nSPS) is 18.0. The monoisotopic (exact) mass is 396 g/mol. The van der Waals surface area contributed by atoms with E-state index in [4.69, 9.17) is 14.2 Å². The van der Waals surface area contributed by atoms with Crippen LogP contribution in [0.2, 0.25) is 0 Å². The maximum atomic E-state index is 12.9. The number of hydrogen-bond acceptors (Lipinski definition) is 6. The van der Waals surface area contributed by atoms with Crippen LogP contribution in [0, 0.1) is 0 Å². The molecule has 1 atom stereocenters. The molecule has 0 heterocycles. The molecule has 1 aliphatic rings. The van der Waals surface area contributed by atoms with Gasteiger partial charge in [0, 0.05) is 12.0 Å². The van der Waals surface area contributed by atoms with Crippen molar-refractivity contribution in [1.82, 2.24) is 0 Å². The summed E-state index contributed by atoms with van der Waals surface area (Å²) in [5.74, 6) is -0.916. The zero-order valence-corrected chi connectivity index (χ0v) is 16.8. The summed E-state index contributed by atoms with van der Waals surface area (Å²) in [7, 11) is 1.52. The lowest BCUT2D eigenvalue weighted by atomic mass is 9.66. The zero-order chi connectivity index (χ0) is 21.0. The lowest BCUT2D eigenvalue weighted by Gasteiger charge is -2.34. The standard InChI is InChI=1S/C23H24O6/c1-4-28-22(26)23(15(2)24)18-11-12-19(27-3)21(17(18)10-13-20(23)25)29-14-16-8-6-5-7-9-16/h5-9,11-12H,4,10,13-14H2,1-3H3. The molecule has 0 amide bonds. The van der Waals surface area contributed by atoms with Gasteiger partial charge in [-0.25, -0.2) is 0 Å². The second-order valence-corrected chi connectivity index (χ2v) is 6.85. The summed E-state index contributed by atoms with van der Waals surface area (Å²) in [4.78, 5) is 38.4. The van der Waals surface area contributed by atoms with Crippen molar-refractivity contribution in [3.63, 3.8) is 0 Å². The molecule has 0 spiro atoms. The average molecular weight is 396 g/mol. The first-order valence-corrected chi connectivity index (χ1v) is 9.55. The Labute approximate surface area is 169 Å². The first-order valence-electron chi connectivity index (χ1n) is 9.55. The van der Waals surface area contributed by atoms with Crippen LogP contribution in [0.25, 0.3) is 0 Å². The highest BCUT2D eigenvalue weighted by molar-refractivity contribution is 6.28. The van der Waals surface area contributed by atoms with Crippen LogP contribution in [0.5, 0.6) is 11.5 Å². The summed E-state index contributed by atoms with van der Waals surface area (Å²) in [5.41, 5.74) is -0.0465. The van der Waals surface area contributed by atoms with Crippen LogP contribution in [0.3, 0.4) is 0 Å². The number of carbonyl (C=O) groups excluding carboxylic acids is 3. The fraction of sp³-hybridized carbons (Fsp3) is 0.348. The number of methoxy groups -OCH3 is 1. The molecule has 2 aromatic carbocycles. The minimum atomic E-state index is -1.96. The van der Waals surface area contributed by atoms with E-state index < -0.39 is 23.0 Å². The average Bonchev–Trinajstić information content (AvgIpc) is 2.72. The molecule has 1 unspecified atom stereocenters. The van der Waals surface area contributed by atoms with Gasteiger partial charge in [-0.3, -0.25) is 14.4 Å². The SMILES string of the molecule is CCOC(=O)C1(C(C)=O)C(=O)CCc2c1ccc(OC)c2OCc1ccccc1. The lowest BCUT2D eigenvalue weighted by Crippen LogP contribution is -2.53. The maximum Gasteiger partial charge on any atom is 0.331 e. The number of esters is 1. The maximum absolute atomic E-state index is 12.9. The van der Waals surface area contributed by atoms with Gasteiger partial charge in [0.15, 0.2) is 23.1 Å². The first kappa shape index (κ1) is 20.6. The molecule has 3 rings (SSSR count). The van der Waals surface area contributed by atoms with Crippen molar-refractivity contribution >= 4 is 17.5 Å². The fourth-order valence-corrected chi connectivity index (χ4v) is 3.82. The minimum Gasteiger partial charge on any atom is -0.493 e. The second-order valence-electron chi connectivity index (χ2n) is 6.85. The van der Waals surface area contributed by atoms with Gasteiger partial charge in [-0.2, -0.15) is 0 Å². The molecule has 6 heteroatoms. The summed E-state index contributed by atoms with van der Waals surface area (Å²) in [6.45, 7) is 3.25. The van der Waals surface area contributed by atoms with Gasteiger partial charge in [-0.05, 0) is 37.5 Å². The molecule has 152 valence electrons. The van der Waals surface area contributed by atoms with Gasteiger partial charge in [-0.1, -0.05) is 36.4 Å². The Bertz CT molecular complexity index is 934. The molecule has 0 N–H and O–H groups in total. The van der Waals surface area contributed by atoms with E-state index in [0.29, 0.717) is 29.0 Å². The molecule has 0 aliphatic heterocycles. The van der Waals surface area contributed by atoms with Gasteiger partial charge in [0.25, 0.3) is 0 Å². The zero-order valence-electron chi connectivity index (χ0n) is 16.8. The van der Waals surface area contributed by atoms with Crippen LogP contribution >= 0.6 is 0 Å². The number of fused-ring (bicyclic) bond motifs is 1. The predicted octanol–water partition coefficient (Wildman–Crippen LogP) is 3.18. The minimum absolute atomic E-state index is 0.0419. The molecule has 29 heavy (non-hydrogen) atoms. The molecule has 6 nitrogen and oxygen atoms in total. The number of hydrogen-bond donors (Lipinski definition) is 0. The number of Topliss-reactive ketones (excluding diaryl/α,β-unsaturated/α-hetero) is 2. The summed E-state index contributed by atoms with van der Waals surface area (Å²) in [6.07, 6.45) is 0.393. The highest BCUT2D eigenvalue weighted by Crippen LogP contribution is 2.45. The van der Waals surface area contributed by atoms with Gasteiger partial charge in [-0.15, -0.1) is 0 Å². The number of carbonyl (C=O) groups is 3.